The van der Waals surface area contributed by atoms with Crippen LogP contribution in [0.1, 0.15) is 68.4 Å². The fraction of sp³-hybridized carbons (Fsp3) is 0.391. The second-order valence-electron chi connectivity index (χ2n) is 8.16. The van der Waals surface area contributed by atoms with Crippen molar-refractivity contribution >= 4 is 17.6 Å². The molecule has 0 aliphatic carbocycles. The number of nitrogens with two attached hydrogens (primary N) is 1. The van der Waals surface area contributed by atoms with Crippen LogP contribution in [0.25, 0.3) is 0 Å². The summed E-state index contributed by atoms with van der Waals surface area (Å²) in [5, 5.41) is 6.08. The van der Waals surface area contributed by atoms with Crippen molar-refractivity contribution in [3.8, 4) is 0 Å². The van der Waals surface area contributed by atoms with Crippen LogP contribution in [0.2, 0.25) is 0 Å². The number of nitrogens with zero attached hydrogens (tertiary/aromatic N) is 1. The van der Waals surface area contributed by atoms with Gasteiger partial charge in [0, 0.05) is 16.8 Å². The van der Waals surface area contributed by atoms with Gasteiger partial charge in [-0.25, -0.2) is 4.99 Å². The molecule has 0 saturated carbocycles. The Morgan fingerprint density at radius 3 is 2.43 bits per heavy atom. The van der Waals surface area contributed by atoms with E-state index in [2.05, 4.69) is 41.6 Å². The van der Waals surface area contributed by atoms with Gasteiger partial charge in [0.15, 0.2) is 5.96 Å². The molecule has 4 N–H and O–H groups in total. The van der Waals surface area contributed by atoms with Crippen LogP contribution < -0.4 is 16.4 Å². The number of hydrogen-bond donors (Lipinski definition) is 3. The molecule has 2 rings (SSSR count). The molecule has 0 fully saturated rings. The summed E-state index contributed by atoms with van der Waals surface area (Å²) in [5.74, 6) is 0.800. The van der Waals surface area contributed by atoms with E-state index in [0.29, 0.717) is 24.0 Å². The predicted octanol–water partition coefficient (Wildman–Crippen LogP) is 4.66. The zero-order valence-corrected chi connectivity index (χ0v) is 17.5. The van der Waals surface area contributed by atoms with E-state index in [1.807, 2.05) is 51.1 Å². The van der Waals surface area contributed by atoms with Gasteiger partial charge in [0.25, 0.3) is 5.91 Å². The minimum atomic E-state index is -0.274. The highest BCUT2D eigenvalue weighted by molar-refractivity contribution is 5.95. The Balaban J connectivity index is 1.99. The molecule has 0 saturated heterocycles. The topological polar surface area (TPSA) is 79.5 Å². The Bertz CT molecular complexity index is 819. The molecule has 0 aliphatic heterocycles. The van der Waals surface area contributed by atoms with Crippen molar-refractivity contribution < 1.29 is 4.79 Å². The van der Waals surface area contributed by atoms with E-state index in [0.717, 1.165) is 17.7 Å². The third-order valence-electron chi connectivity index (χ3n) is 4.47. The highest BCUT2D eigenvalue weighted by Gasteiger charge is 2.15. The van der Waals surface area contributed by atoms with E-state index in [1.165, 1.54) is 5.56 Å². The SMILES string of the molecule is CCC(C)c1ccc(NC(N)=NCc2cccc(C(=O)NC(C)(C)C)c2)cc1. The summed E-state index contributed by atoms with van der Waals surface area (Å²) in [4.78, 5) is 16.7. The van der Waals surface area contributed by atoms with E-state index in [-0.39, 0.29) is 11.4 Å². The molecule has 2 aromatic rings. The number of aliphatic imine (C=N–C) groups is 1. The molecule has 1 amide bonds. The van der Waals surface area contributed by atoms with E-state index < -0.39 is 0 Å². The molecule has 0 aliphatic rings. The second kappa shape index (κ2) is 9.40. The maximum absolute atomic E-state index is 12.3. The largest absolute Gasteiger partial charge is 0.370 e. The van der Waals surface area contributed by atoms with E-state index in [1.54, 1.807) is 6.07 Å². The van der Waals surface area contributed by atoms with Crippen LogP contribution in [-0.2, 0) is 6.54 Å². The molecule has 0 bridgehead atoms. The normalized spacial score (nSPS) is 13.1. The van der Waals surface area contributed by atoms with Gasteiger partial charge in [-0.2, -0.15) is 0 Å². The first kappa shape index (κ1) is 21.5. The van der Waals surface area contributed by atoms with Crippen molar-refractivity contribution in [1.29, 1.82) is 0 Å². The van der Waals surface area contributed by atoms with Crippen LogP contribution in [0.5, 0.6) is 0 Å². The molecule has 5 heteroatoms. The lowest BCUT2D eigenvalue weighted by Crippen LogP contribution is -2.40. The summed E-state index contributed by atoms with van der Waals surface area (Å²) in [5.41, 5.74) is 9.52. The van der Waals surface area contributed by atoms with Gasteiger partial charge in [0.2, 0.25) is 0 Å². The lowest BCUT2D eigenvalue weighted by molar-refractivity contribution is 0.0919. The standard InChI is InChI=1S/C23H32N4O/c1-6-16(2)18-10-12-20(13-11-18)26-22(24)25-15-17-8-7-9-19(14-17)21(28)27-23(3,4)5/h7-14,16H,6,15H2,1-5H3,(H,27,28)(H3,24,25,26). The third-order valence-corrected chi connectivity index (χ3v) is 4.47. The van der Waals surface area contributed by atoms with E-state index >= 15 is 0 Å². The molecule has 28 heavy (non-hydrogen) atoms. The first-order valence-electron chi connectivity index (χ1n) is 9.76. The summed E-state index contributed by atoms with van der Waals surface area (Å²) in [6.07, 6.45) is 1.11. The van der Waals surface area contributed by atoms with Gasteiger partial charge in [0.05, 0.1) is 6.54 Å². The number of guanidine groups is 1. The van der Waals surface area contributed by atoms with Gasteiger partial charge < -0.3 is 16.4 Å². The number of rotatable bonds is 6. The summed E-state index contributed by atoms with van der Waals surface area (Å²) >= 11 is 0. The van der Waals surface area contributed by atoms with E-state index in [4.69, 9.17) is 5.73 Å². The quantitative estimate of drug-likeness (QED) is 0.504. The average Bonchev–Trinajstić information content (AvgIpc) is 2.65. The van der Waals surface area contributed by atoms with Crippen LogP contribution in [0, 0.1) is 0 Å². The van der Waals surface area contributed by atoms with Gasteiger partial charge in [-0.15, -0.1) is 0 Å². The maximum atomic E-state index is 12.3. The number of nitrogens with one attached hydrogen (secondary N) is 2. The third kappa shape index (κ3) is 6.72. The van der Waals surface area contributed by atoms with Crippen LogP contribution in [0.15, 0.2) is 53.5 Å². The summed E-state index contributed by atoms with van der Waals surface area (Å²) < 4.78 is 0. The van der Waals surface area contributed by atoms with Crippen molar-refractivity contribution in [2.24, 2.45) is 10.7 Å². The smallest absolute Gasteiger partial charge is 0.251 e. The molecule has 2 aromatic carbocycles. The van der Waals surface area contributed by atoms with Crippen LogP contribution in [-0.4, -0.2) is 17.4 Å². The Hall–Kier alpha value is -2.82. The number of carbonyl (C=O) groups excluding carboxylic acids is 1. The minimum Gasteiger partial charge on any atom is -0.370 e. The lowest BCUT2D eigenvalue weighted by Gasteiger charge is -2.20. The second-order valence-corrected chi connectivity index (χ2v) is 8.16. The molecule has 1 atom stereocenters. The maximum Gasteiger partial charge on any atom is 0.251 e. The van der Waals surface area contributed by atoms with Crippen molar-refractivity contribution in [3.63, 3.8) is 0 Å². The lowest BCUT2D eigenvalue weighted by atomic mass is 9.99. The van der Waals surface area contributed by atoms with Gasteiger partial charge in [0.1, 0.15) is 0 Å². The highest BCUT2D eigenvalue weighted by atomic mass is 16.1. The van der Waals surface area contributed by atoms with Gasteiger partial charge >= 0.3 is 0 Å². The number of anilines is 1. The van der Waals surface area contributed by atoms with Gasteiger partial charge in [-0.3, -0.25) is 4.79 Å². The van der Waals surface area contributed by atoms with Gasteiger partial charge in [-0.05, 0) is 68.5 Å². The molecule has 0 radical (unpaired) electrons. The van der Waals surface area contributed by atoms with Crippen LogP contribution >= 0.6 is 0 Å². The fourth-order valence-electron chi connectivity index (χ4n) is 2.72. The zero-order valence-electron chi connectivity index (χ0n) is 17.5. The Kier molecular flexibility index (Phi) is 7.21. The van der Waals surface area contributed by atoms with E-state index in [9.17, 15) is 4.79 Å². The van der Waals surface area contributed by atoms with Crippen molar-refractivity contribution in [2.75, 3.05) is 5.32 Å². The average molecular weight is 381 g/mol. The van der Waals surface area contributed by atoms with Crippen molar-refractivity contribution in [1.82, 2.24) is 5.32 Å². The summed E-state index contributed by atoms with van der Waals surface area (Å²) in [7, 11) is 0. The molecule has 5 nitrogen and oxygen atoms in total. The van der Waals surface area contributed by atoms with Gasteiger partial charge in [-0.1, -0.05) is 38.1 Å². The first-order valence-corrected chi connectivity index (χ1v) is 9.76. The zero-order chi connectivity index (χ0) is 20.7. The molecule has 0 aromatic heterocycles. The number of benzene rings is 2. The highest BCUT2D eigenvalue weighted by Crippen LogP contribution is 2.20. The summed E-state index contributed by atoms with van der Waals surface area (Å²) in [6, 6.07) is 15.7. The molecule has 0 spiro atoms. The van der Waals surface area contributed by atoms with Crippen LogP contribution in [0.4, 0.5) is 5.69 Å². The molecule has 150 valence electrons. The summed E-state index contributed by atoms with van der Waals surface area (Å²) in [6.45, 7) is 10.7. The molecular weight excluding hydrogens is 348 g/mol. The fourth-order valence-corrected chi connectivity index (χ4v) is 2.72. The Labute approximate surface area is 168 Å². The van der Waals surface area contributed by atoms with Crippen molar-refractivity contribution in [3.05, 3.63) is 65.2 Å². The van der Waals surface area contributed by atoms with Crippen molar-refractivity contribution in [2.45, 2.75) is 59.0 Å². The number of hydrogen-bond acceptors (Lipinski definition) is 2. The Morgan fingerprint density at radius 1 is 1.14 bits per heavy atom. The first-order chi connectivity index (χ1) is 13.2. The van der Waals surface area contributed by atoms with Crippen LogP contribution in [0.3, 0.4) is 0 Å². The predicted molar refractivity (Wildman–Crippen MR) is 118 cm³/mol. The minimum absolute atomic E-state index is 0.0918. The number of carbonyl (C=O) groups is 1. The molecule has 0 heterocycles. The number of amides is 1. The Morgan fingerprint density at radius 2 is 1.82 bits per heavy atom. The molecule has 1 unspecified atom stereocenters. The monoisotopic (exact) mass is 380 g/mol. The molecular formula is C23H32N4O.